The summed E-state index contributed by atoms with van der Waals surface area (Å²) in [7, 11) is 0. The first-order chi connectivity index (χ1) is 8.97. The zero-order valence-corrected chi connectivity index (χ0v) is 11.4. The monoisotopic (exact) mass is 276 g/mol. The first-order valence-electron chi connectivity index (χ1n) is 6.14. The summed E-state index contributed by atoms with van der Waals surface area (Å²) in [4.78, 5) is 34.2. The van der Waals surface area contributed by atoms with Crippen LogP contribution in [0.1, 0.15) is 27.2 Å². The van der Waals surface area contributed by atoms with Crippen molar-refractivity contribution < 1.29 is 33.7 Å². The van der Waals surface area contributed by atoms with Crippen molar-refractivity contribution in [1.29, 1.82) is 0 Å². The van der Waals surface area contributed by atoms with E-state index in [0.717, 1.165) is 0 Å². The molecule has 0 radical (unpaired) electrons. The summed E-state index contributed by atoms with van der Waals surface area (Å²) < 4.78 is 14.5. The van der Waals surface area contributed by atoms with Crippen molar-refractivity contribution in [3.8, 4) is 0 Å². The van der Waals surface area contributed by atoms with Crippen LogP contribution in [0.25, 0.3) is 0 Å². The number of carbonyl (C=O) groups excluding carboxylic acids is 2. The maximum Gasteiger partial charge on any atom is 0.333 e. The predicted molar refractivity (Wildman–Crippen MR) is 64.4 cm³/mol. The van der Waals surface area contributed by atoms with E-state index >= 15 is 0 Å². The quantitative estimate of drug-likeness (QED) is 0.616. The summed E-state index contributed by atoms with van der Waals surface area (Å²) in [5, 5.41) is 9.05. The van der Waals surface area contributed by atoms with Crippen LogP contribution in [-0.2, 0) is 28.6 Å². The number of carboxylic acids is 1. The Morgan fingerprint density at radius 1 is 1.00 bits per heavy atom. The second kappa shape index (κ2) is 9.32. The summed E-state index contributed by atoms with van der Waals surface area (Å²) in [6.45, 7) is 5.17. The lowest BCUT2D eigenvalue weighted by Crippen LogP contribution is -2.39. The summed E-state index contributed by atoms with van der Waals surface area (Å²) in [6, 6.07) is 0. The molecule has 110 valence electrons. The highest BCUT2D eigenvalue weighted by Gasteiger charge is 2.37. The normalized spacial score (nSPS) is 13.4. The maximum atomic E-state index is 11.7. The molecule has 0 aromatic carbocycles. The minimum atomic E-state index is -1.42. The molecular weight excluding hydrogens is 256 g/mol. The van der Waals surface area contributed by atoms with Gasteiger partial charge in [0, 0.05) is 6.61 Å². The molecule has 0 aromatic rings. The van der Waals surface area contributed by atoms with Gasteiger partial charge in [-0.3, -0.25) is 9.59 Å². The van der Waals surface area contributed by atoms with Crippen LogP contribution < -0.4 is 0 Å². The van der Waals surface area contributed by atoms with Crippen molar-refractivity contribution in [3.63, 3.8) is 0 Å². The molecule has 0 aliphatic heterocycles. The van der Waals surface area contributed by atoms with Crippen LogP contribution in [0, 0.1) is 5.92 Å². The van der Waals surface area contributed by atoms with Gasteiger partial charge in [-0.25, -0.2) is 4.79 Å². The second-order valence-corrected chi connectivity index (χ2v) is 3.58. The van der Waals surface area contributed by atoms with Gasteiger partial charge in [-0.2, -0.15) is 0 Å². The van der Waals surface area contributed by atoms with Gasteiger partial charge >= 0.3 is 17.9 Å². The van der Waals surface area contributed by atoms with Crippen molar-refractivity contribution in [2.24, 2.45) is 5.92 Å². The molecule has 0 fully saturated rings. The van der Waals surface area contributed by atoms with Crippen molar-refractivity contribution in [2.75, 3.05) is 19.8 Å². The SMILES string of the molecule is CCOC(=O)CC(C(=O)OCC)C(OCC)C(=O)O. The van der Waals surface area contributed by atoms with Crippen LogP contribution >= 0.6 is 0 Å². The van der Waals surface area contributed by atoms with Crippen molar-refractivity contribution in [1.82, 2.24) is 0 Å². The third-order valence-corrected chi connectivity index (χ3v) is 2.24. The molecule has 7 nitrogen and oxygen atoms in total. The zero-order chi connectivity index (χ0) is 14.8. The van der Waals surface area contributed by atoms with Crippen molar-refractivity contribution in [3.05, 3.63) is 0 Å². The zero-order valence-electron chi connectivity index (χ0n) is 11.4. The Labute approximate surface area is 111 Å². The highest BCUT2D eigenvalue weighted by molar-refractivity contribution is 5.86. The standard InChI is InChI=1S/C12H20O7/c1-4-17-9(13)7-8(12(16)19-6-3)10(11(14)15)18-5-2/h8,10H,4-7H2,1-3H3,(H,14,15). The van der Waals surface area contributed by atoms with E-state index in [9.17, 15) is 14.4 Å². The summed E-state index contributed by atoms with van der Waals surface area (Å²) in [5.74, 6) is -3.97. The smallest absolute Gasteiger partial charge is 0.333 e. The van der Waals surface area contributed by atoms with Gasteiger partial charge in [0.25, 0.3) is 0 Å². The summed E-state index contributed by atoms with van der Waals surface area (Å²) >= 11 is 0. The molecular formula is C12H20O7. The predicted octanol–water partition coefficient (Wildman–Crippen LogP) is 0.609. The Kier molecular flexibility index (Phi) is 8.52. The summed E-state index contributed by atoms with van der Waals surface area (Å²) in [5.41, 5.74) is 0. The third kappa shape index (κ3) is 6.19. The largest absolute Gasteiger partial charge is 0.479 e. The average molecular weight is 276 g/mol. The maximum absolute atomic E-state index is 11.7. The molecule has 0 bridgehead atoms. The number of aliphatic carboxylic acids is 1. The van der Waals surface area contributed by atoms with E-state index in [1.54, 1.807) is 20.8 Å². The minimum Gasteiger partial charge on any atom is -0.479 e. The van der Waals surface area contributed by atoms with E-state index in [2.05, 4.69) is 0 Å². The van der Waals surface area contributed by atoms with E-state index in [1.807, 2.05) is 0 Å². The molecule has 19 heavy (non-hydrogen) atoms. The fourth-order valence-corrected chi connectivity index (χ4v) is 1.50. The van der Waals surface area contributed by atoms with Gasteiger partial charge < -0.3 is 19.3 Å². The number of ether oxygens (including phenoxy) is 3. The molecule has 0 rings (SSSR count). The van der Waals surface area contributed by atoms with Crippen LogP contribution in [0.4, 0.5) is 0 Å². The average Bonchev–Trinajstić information content (AvgIpc) is 2.33. The van der Waals surface area contributed by atoms with Gasteiger partial charge in [0.15, 0.2) is 6.10 Å². The van der Waals surface area contributed by atoms with E-state index in [-0.39, 0.29) is 26.2 Å². The Bertz CT molecular complexity index is 313. The van der Waals surface area contributed by atoms with E-state index in [1.165, 1.54) is 0 Å². The summed E-state index contributed by atoms with van der Waals surface area (Å²) in [6.07, 6.45) is -1.81. The molecule has 0 aromatic heterocycles. The van der Waals surface area contributed by atoms with E-state index < -0.39 is 29.9 Å². The molecule has 0 aliphatic rings. The van der Waals surface area contributed by atoms with Gasteiger partial charge in [0.1, 0.15) is 5.92 Å². The minimum absolute atomic E-state index is 0.0939. The number of esters is 2. The van der Waals surface area contributed by atoms with Crippen molar-refractivity contribution >= 4 is 17.9 Å². The van der Waals surface area contributed by atoms with Gasteiger partial charge in [-0.15, -0.1) is 0 Å². The first kappa shape index (κ1) is 17.4. The van der Waals surface area contributed by atoms with E-state index in [4.69, 9.17) is 19.3 Å². The highest BCUT2D eigenvalue weighted by Crippen LogP contribution is 2.16. The highest BCUT2D eigenvalue weighted by atomic mass is 16.5. The lowest BCUT2D eigenvalue weighted by atomic mass is 9.98. The van der Waals surface area contributed by atoms with Crippen molar-refractivity contribution in [2.45, 2.75) is 33.3 Å². The Morgan fingerprint density at radius 3 is 2.00 bits per heavy atom. The molecule has 7 heteroatoms. The van der Waals surface area contributed by atoms with Crippen LogP contribution in [0.5, 0.6) is 0 Å². The van der Waals surface area contributed by atoms with Gasteiger partial charge in [0.2, 0.25) is 0 Å². The topological polar surface area (TPSA) is 99.1 Å². The molecule has 0 aliphatic carbocycles. The van der Waals surface area contributed by atoms with Gasteiger partial charge in [0.05, 0.1) is 19.6 Å². The number of rotatable bonds is 9. The number of hydrogen-bond acceptors (Lipinski definition) is 6. The molecule has 0 saturated heterocycles. The first-order valence-corrected chi connectivity index (χ1v) is 6.14. The van der Waals surface area contributed by atoms with Crippen LogP contribution in [-0.4, -0.2) is 48.9 Å². The molecule has 0 spiro atoms. The second-order valence-electron chi connectivity index (χ2n) is 3.58. The van der Waals surface area contributed by atoms with Gasteiger partial charge in [-0.05, 0) is 20.8 Å². The number of carbonyl (C=O) groups is 3. The third-order valence-electron chi connectivity index (χ3n) is 2.24. The molecule has 0 heterocycles. The Hall–Kier alpha value is -1.63. The van der Waals surface area contributed by atoms with E-state index in [0.29, 0.717) is 0 Å². The molecule has 0 amide bonds. The number of hydrogen-bond donors (Lipinski definition) is 1. The fraction of sp³-hybridized carbons (Fsp3) is 0.750. The van der Waals surface area contributed by atoms with Crippen LogP contribution in [0.2, 0.25) is 0 Å². The lowest BCUT2D eigenvalue weighted by molar-refractivity contribution is -0.170. The lowest BCUT2D eigenvalue weighted by Gasteiger charge is -2.21. The molecule has 2 unspecified atom stereocenters. The Morgan fingerprint density at radius 2 is 1.58 bits per heavy atom. The molecule has 1 N–H and O–H groups in total. The fourth-order valence-electron chi connectivity index (χ4n) is 1.50. The van der Waals surface area contributed by atoms with Gasteiger partial charge in [-0.1, -0.05) is 0 Å². The molecule has 2 atom stereocenters. The van der Waals surface area contributed by atoms with Crippen LogP contribution in [0.3, 0.4) is 0 Å². The Balaban J connectivity index is 4.95. The van der Waals surface area contributed by atoms with Crippen LogP contribution in [0.15, 0.2) is 0 Å². The molecule has 0 saturated carbocycles. The number of carboxylic acid groups (broad SMARTS) is 1.